The molecule has 2 atom stereocenters. The van der Waals surface area contributed by atoms with Gasteiger partial charge in [-0.3, -0.25) is 9.59 Å². The predicted molar refractivity (Wildman–Crippen MR) is 52.9 cm³/mol. The van der Waals surface area contributed by atoms with Crippen LogP contribution in [-0.4, -0.2) is 36.1 Å². The van der Waals surface area contributed by atoms with Crippen molar-refractivity contribution in [3.8, 4) is 0 Å². The van der Waals surface area contributed by atoms with Crippen LogP contribution in [0.5, 0.6) is 0 Å². The Morgan fingerprint density at radius 3 is 2.36 bits per heavy atom. The fourth-order valence-electron chi connectivity index (χ4n) is 0.904. The second-order valence-electron chi connectivity index (χ2n) is 3.25. The van der Waals surface area contributed by atoms with Crippen molar-refractivity contribution in [2.24, 2.45) is 5.92 Å². The molecular weight excluding hydrogens is 184 g/mol. The van der Waals surface area contributed by atoms with E-state index >= 15 is 0 Å². The lowest BCUT2D eigenvalue weighted by atomic mass is 10.0. The summed E-state index contributed by atoms with van der Waals surface area (Å²) < 4.78 is 0. The minimum absolute atomic E-state index is 0.114. The number of carbonyl (C=O) groups is 2. The Balaban J connectivity index is 3.78. The molecule has 0 fully saturated rings. The summed E-state index contributed by atoms with van der Waals surface area (Å²) in [5, 5.41) is 14.2. The Hall–Kier alpha value is -1.10. The lowest BCUT2D eigenvalue weighted by Gasteiger charge is -2.17. The first-order valence-corrected chi connectivity index (χ1v) is 4.72. The molecule has 0 rings (SSSR count). The van der Waals surface area contributed by atoms with E-state index in [9.17, 15) is 9.59 Å². The first-order chi connectivity index (χ1) is 6.49. The van der Waals surface area contributed by atoms with E-state index in [0.29, 0.717) is 6.54 Å². The first kappa shape index (κ1) is 12.9. The third kappa shape index (κ3) is 4.81. The van der Waals surface area contributed by atoms with Gasteiger partial charge in [-0.2, -0.15) is 0 Å². The minimum atomic E-state index is -0.860. The van der Waals surface area contributed by atoms with Gasteiger partial charge in [-0.05, 0) is 13.8 Å². The highest BCUT2D eigenvalue weighted by Crippen LogP contribution is 2.01. The molecular formula is C9H18N2O3. The number of carbonyl (C=O) groups excluding carboxylic acids is 1. The van der Waals surface area contributed by atoms with E-state index in [1.807, 2.05) is 6.92 Å². The maximum absolute atomic E-state index is 11.0. The highest BCUT2D eigenvalue weighted by molar-refractivity contribution is 5.78. The molecule has 0 heterocycles. The summed E-state index contributed by atoms with van der Waals surface area (Å²) in [5.41, 5.74) is 0. The summed E-state index contributed by atoms with van der Waals surface area (Å²) in [5.74, 6) is -1.47. The summed E-state index contributed by atoms with van der Waals surface area (Å²) in [6.45, 7) is 5.94. The zero-order chi connectivity index (χ0) is 11.1. The number of rotatable bonds is 6. The van der Waals surface area contributed by atoms with Gasteiger partial charge in [0.25, 0.3) is 0 Å². The summed E-state index contributed by atoms with van der Waals surface area (Å²) in [6.07, 6.45) is 0. The van der Waals surface area contributed by atoms with Crippen LogP contribution in [-0.2, 0) is 9.59 Å². The van der Waals surface area contributed by atoms with Gasteiger partial charge in [0.1, 0.15) is 0 Å². The molecule has 0 saturated heterocycles. The number of nitrogens with one attached hydrogen (secondary N) is 2. The van der Waals surface area contributed by atoms with Crippen LogP contribution >= 0.6 is 0 Å². The Morgan fingerprint density at radius 1 is 1.36 bits per heavy atom. The van der Waals surface area contributed by atoms with Crippen LogP contribution in [0.15, 0.2) is 0 Å². The summed E-state index contributed by atoms with van der Waals surface area (Å²) in [7, 11) is 0. The van der Waals surface area contributed by atoms with E-state index in [1.165, 1.54) is 0 Å². The van der Waals surface area contributed by atoms with Gasteiger partial charge in [0.15, 0.2) is 0 Å². The van der Waals surface area contributed by atoms with Gasteiger partial charge in [-0.15, -0.1) is 0 Å². The van der Waals surface area contributed by atoms with E-state index in [0.717, 1.165) is 0 Å². The number of hydrogen-bond acceptors (Lipinski definition) is 3. The van der Waals surface area contributed by atoms with Crippen LogP contribution < -0.4 is 10.6 Å². The molecule has 1 amide bonds. The SMILES string of the molecule is CCNC(=O)CNC(C)C(C)C(=O)O. The average Bonchev–Trinajstić information content (AvgIpc) is 2.13. The quantitative estimate of drug-likeness (QED) is 0.558. The Morgan fingerprint density at radius 2 is 1.93 bits per heavy atom. The normalized spacial score (nSPS) is 14.5. The molecule has 0 aromatic rings. The topological polar surface area (TPSA) is 78.4 Å². The van der Waals surface area contributed by atoms with E-state index in [1.54, 1.807) is 13.8 Å². The molecule has 0 aliphatic carbocycles. The molecule has 3 N–H and O–H groups in total. The van der Waals surface area contributed by atoms with Crippen molar-refractivity contribution in [1.29, 1.82) is 0 Å². The largest absolute Gasteiger partial charge is 0.481 e. The molecule has 5 heteroatoms. The first-order valence-electron chi connectivity index (χ1n) is 4.72. The third-order valence-electron chi connectivity index (χ3n) is 2.10. The molecule has 0 saturated carbocycles. The van der Waals surface area contributed by atoms with Crippen LogP contribution in [0.25, 0.3) is 0 Å². The molecule has 0 aromatic heterocycles. The standard InChI is InChI=1S/C9H18N2O3/c1-4-10-8(12)5-11-7(3)6(2)9(13)14/h6-7,11H,4-5H2,1-3H3,(H,10,12)(H,13,14). The number of carboxylic acid groups (broad SMARTS) is 1. The molecule has 0 aliphatic rings. The van der Waals surface area contributed by atoms with Crippen LogP contribution in [0.4, 0.5) is 0 Å². The summed E-state index contributed by atoms with van der Waals surface area (Å²) in [4.78, 5) is 21.6. The van der Waals surface area contributed by atoms with E-state index in [2.05, 4.69) is 10.6 Å². The smallest absolute Gasteiger partial charge is 0.307 e. The van der Waals surface area contributed by atoms with Gasteiger partial charge in [0.2, 0.25) is 5.91 Å². The molecule has 82 valence electrons. The lowest BCUT2D eigenvalue weighted by molar-refractivity contribution is -0.142. The molecule has 0 spiro atoms. The molecule has 0 radical (unpaired) electrons. The third-order valence-corrected chi connectivity index (χ3v) is 2.10. The summed E-state index contributed by atoms with van der Waals surface area (Å²) in [6, 6.07) is -0.213. The number of carboxylic acids is 1. The summed E-state index contributed by atoms with van der Waals surface area (Å²) >= 11 is 0. The molecule has 14 heavy (non-hydrogen) atoms. The van der Waals surface area contributed by atoms with Crippen molar-refractivity contribution >= 4 is 11.9 Å². The zero-order valence-corrected chi connectivity index (χ0v) is 8.83. The number of likely N-dealkylation sites (N-methyl/N-ethyl adjacent to an activating group) is 1. The van der Waals surface area contributed by atoms with Gasteiger partial charge >= 0.3 is 5.97 Å². The van der Waals surface area contributed by atoms with Gasteiger partial charge in [0.05, 0.1) is 12.5 Å². The van der Waals surface area contributed by atoms with Crippen molar-refractivity contribution < 1.29 is 14.7 Å². The van der Waals surface area contributed by atoms with Crippen LogP contribution in [0, 0.1) is 5.92 Å². The lowest BCUT2D eigenvalue weighted by Crippen LogP contribution is -2.42. The van der Waals surface area contributed by atoms with Crippen molar-refractivity contribution in [3.05, 3.63) is 0 Å². The average molecular weight is 202 g/mol. The second kappa shape index (κ2) is 6.37. The highest BCUT2D eigenvalue weighted by Gasteiger charge is 2.19. The van der Waals surface area contributed by atoms with E-state index in [-0.39, 0.29) is 18.5 Å². The van der Waals surface area contributed by atoms with E-state index in [4.69, 9.17) is 5.11 Å². The van der Waals surface area contributed by atoms with Crippen LogP contribution in [0.1, 0.15) is 20.8 Å². The highest BCUT2D eigenvalue weighted by atomic mass is 16.4. The fourth-order valence-corrected chi connectivity index (χ4v) is 0.904. The maximum Gasteiger partial charge on any atom is 0.307 e. The number of amides is 1. The van der Waals surface area contributed by atoms with Crippen molar-refractivity contribution in [2.45, 2.75) is 26.8 Å². The van der Waals surface area contributed by atoms with Gasteiger partial charge in [-0.1, -0.05) is 6.92 Å². The maximum atomic E-state index is 11.0. The number of hydrogen-bond donors (Lipinski definition) is 3. The zero-order valence-electron chi connectivity index (χ0n) is 8.83. The molecule has 0 bridgehead atoms. The van der Waals surface area contributed by atoms with Crippen molar-refractivity contribution in [3.63, 3.8) is 0 Å². The van der Waals surface area contributed by atoms with Crippen LogP contribution in [0.3, 0.4) is 0 Å². The Labute approximate surface area is 83.9 Å². The minimum Gasteiger partial charge on any atom is -0.481 e. The molecule has 0 aliphatic heterocycles. The predicted octanol–water partition coefficient (Wildman–Crippen LogP) is -0.179. The fraction of sp³-hybridized carbons (Fsp3) is 0.778. The van der Waals surface area contributed by atoms with E-state index < -0.39 is 11.9 Å². The van der Waals surface area contributed by atoms with Gasteiger partial charge in [-0.25, -0.2) is 0 Å². The Kier molecular flexibility index (Phi) is 5.87. The molecule has 2 unspecified atom stereocenters. The van der Waals surface area contributed by atoms with Crippen LogP contribution in [0.2, 0.25) is 0 Å². The number of aliphatic carboxylic acids is 1. The van der Waals surface area contributed by atoms with Crippen molar-refractivity contribution in [1.82, 2.24) is 10.6 Å². The monoisotopic (exact) mass is 202 g/mol. The van der Waals surface area contributed by atoms with Gasteiger partial charge < -0.3 is 15.7 Å². The molecule has 5 nitrogen and oxygen atoms in total. The Bertz CT molecular complexity index is 206. The molecule has 0 aromatic carbocycles. The van der Waals surface area contributed by atoms with Crippen molar-refractivity contribution in [2.75, 3.05) is 13.1 Å². The second-order valence-corrected chi connectivity index (χ2v) is 3.25. The van der Waals surface area contributed by atoms with Gasteiger partial charge in [0, 0.05) is 12.6 Å².